The summed E-state index contributed by atoms with van der Waals surface area (Å²) in [4.78, 5) is 35.5. The summed E-state index contributed by atoms with van der Waals surface area (Å²) in [6, 6.07) is 0. The molecule has 1 saturated heterocycles. The average Bonchev–Trinajstić information content (AvgIpc) is 3.84. The molecule has 0 spiro atoms. The third-order valence-electron chi connectivity index (χ3n) is 10.4. The summed E-state index contributed by atoms with van der Waals surface area (Å²) in [6.07, 6.45) is 25.6. The van der Waals surface area contributed by atoms with Crippen molar-refractivity contribution in [1.29, 1.82) is 0 Å². The number of phosphoric ester groups is 1. The zero-order valence-electron chi connectivity index (χ0n) is 36.3. The van der Waals surface area contributed by atoms with Crippen molar-refractivity contribution in [3.63, 3.8) is 0 Å². The van der Waals surface area contributed by atoms with E-state index in [4.69, 9.17) is 27.7 Å². The first kappa shape index (κ1) is 50.1. The SMILES string of the molecule is CCCCC/C=C\CC1OC1CCCCCCCC(=O)O[C@H](COC(=O)CCCCCCCCc1oc(CCC)c(C)c1C)COP(=O)(O)OCC[N+](C)(C)C. The van der Waals surface area contributed by atoms with Crippen LogP contribution in [0.15, 0.2) is 16.6 Å². The number of aryl methyl sites for hydroxylation is 2. The molecule has 1 aliphatic heterocycles. The summed E-state index contributed by atoms with van der Waals surface area (Å²) in [6.45, 7) is 8.53. The van der Waals surface area contributed by atoms with Crippen molar-refractivity contribution >= 4 is 19.8 Å². The quantitative estimate of drug-likeness (QED) is 0.0176. The largest absolute Gasteiger partial charge is 0.472 e. The van der Waals surface area contributed by atoms with E-state index in [0.717, 1.165) is 108 Å². The molecule has 0 aromatic carbocycles. The number of allylic oxidation sites excluding steroid dienone is 1. The van der Waals surface area contributed by atoms with Crippen LogP contribution in [0.1, 0.15) is 165 Å². The molecule has 1 aromatic heterocycles. The van der Waals surface area contributed by atoms with E-state index in [1.165, 1.54) is 30.4 Å². The number of hydrogen-bond donors (Lipinski definition) is 1. The Bertz CT molecular complexity index is 1310. The highest BCUT2D eigenvalue weighted by Crippen LogP contribution is 2.43. The molecule has 2 rings (SSSR count). The van der Waals surface area contributed by atoms with E-state index >= 15 is 0 Å². The number of furan rings is 1. The number of carbonyl (C=O) groups excluding carboxylic acids is 2. The lowest BCUT2D eigenvalue weighted by atomic mass is 10.0. The Labute approximate surface area is 339 Å². The Balaban J connectivity index is 1.65. The molecule has 1 aliphatic rings. The lowest BCUT2D eigenvalue weighted by Gasteiger charge is -2.24. The highest BCUT2D eigenvalue weighted by atomic mass is 31.2. The molecule has 324 valence electrons. The van der Waals surface area contributed by atoms with Crippen LogP contribution in [0.3, 0.4) is 0 Å². The van der Waals surface area contributed by atoms with Gasteiger partial charge in [-0.1, -0.05) is 90.2 Å². The van der Waals surface area contributed by atoms with Gasteiger partial charge in [-0.15, -0.1) is 0 Å². The first-order valence-corrected chi connectivity index (χ1v) is 23.4. The zero-order valence-corrected chi connectivity index (χ0v) is 37.2. The minimum Gasteiger partial charge on any atom is -0.466 e. The molecule has 56 heavy (non-hydrogen) atoms. The molecule has 4 atom stereocenters. The standard InChI is InChI=1S/C44H78NO10P/c1-8-10-11-12-16-22-28-41-42(55-41)29-23-18-15-20-25-31-44(47)53-38(35-52-56(48,49)51-33-32-45(5,6)7)34-50-43(46)30-24-19-14-13-17-21-27-40-37(4)36(3)39(54-40)26-9-2/h16,22,38,41-42H,8-15,17-21,23-35H2,1-7H3/p+1/b22-16-/t38-,41?,42?/m1/s1. The summed E-state index contributed by atoms with van der Waals surface area (Å²) in [5, 5.41) is 0. The number of phosphoric acid groups is 1. The van der Waals surface area contributed by atoms with E-state index in [1.54, 1.807) is 0 Å². The highest BCUT2D eigenvalue weighted by Gasteiger charge is 2.36. The van der Waals surface area contributed by atoms with E-state index in [2.05, 4.69) is 39.8 Å². The monoisotopic (exact) mass is 813 g/mol. The predicted octanol–water partition coefficient (Wildman–Crippen LogP) is 10.4. The smallest absolute Gasteiger partial charge is 0.466 e. The lowest BCUT2D eigenvalue weighted by molar-refractivity contribution is -0.870. The Kier molecular flexibility index (Phi) is 25.4. The molecule has 11 nitrogen and oxygen atoms in total. The lowest BCUT2D eigenvalue weighted by Crippen LogP contribution is -2.37. The van der Waals surface area contributed by atoms with Crippen LogP contribution in [0.25, 0.3) is 0 Å². The summed E-state index contributed by atoms with van der Waals surface area (Å²) in [5.74, 6) is 1.39. The summed E-state index contributed by atoms with van der Waals surface area (Å²) < 4.78 is 46.3. The fourth-order valence-corrected chi connectivity index (χ4v) is 7.34. The minimum absolute atomic E-state index is 0.0186. The maximum atomic E-state index is 12.7. The fourth-order valence-electron chi connectivity index (χ4n) is 6.60. The van der Waals surface area contributed by atoms with Crippen LogP contribution in [0, 0.1) is 13.8 Å². The third kappa shape index (κ3) is 24.0. The average molecular weight is 813 g/mol. The molecule has 2 heterocycles. The molecule has 1 fully saturated rings. The number of nitrogens with zero attached hydrogens (tertiary/aromatic N) is 1. The van der Waals surface area contributed by atoms with Crippen molar-refractivity contribution in [2.45, 2.75) is 187 Å². The fraction of sp³-hybridized carbons (Fsp3) is 0.818. The minimum atomic E-state index is -4.40. The van der Waals surface area contributed by atoms with Crippen molar-refractivity contribution in [3.8, 4) is 0 Å². The van der Waals surface area contributed by atoms with Gasteiger partial charge in [-0.05, 0) is 76.3 Å². The van der Waals surface area contributed by atoms with E-state index in [1.807, 2.05) is 21.1 Å². The van der Waals surface area contributed by atoms with Gasteiger partial charge in [0.15, 0.2) is 6.10 Å². The molecular weight excluding hydrogens is 733 g/mol. The molecule has 0 bridgehead atoms. The molecule has 0 saturated carbocycles. The Morgan fingerprint density at radius 3 is 2.04 bits per heavy atom. The van der Waals surface area contributed by atoms with Gasteiger partial charge in [-0.3, -0.25) is 18.6 Å². The molecule has 1 aromatic rings. The van der Waals surface area contributed by atoms with Gasteiger partial charge in [-0.2, -0.15) is 0 Å². The van der Waals surface area contributed by atoms with Crippen LogP contribution in [-0.2, 0) is 50.3 Å². The molecule has 1 N–H and O–H groups in total. The van der Waals surface area contributed by atoms with Gasteiger partial charge in [0.1, 0.15) is 31.3 Å². The number of likely N-dealkylation sites (N-methyl/N-ethyl adjacent to an activating group) is 1. The maximum absolute atomic E-state index is 12.7. The van der Waals surface area contributed by atoms with Gasteiger partial charge >= 0.3 is 19.8 Å². The molecule has 12 heteroatoms. The second-order valence-electron chi connectivity index (χ2n) is 16.7. The Hall–Kier alpha value is -2.01. The Morgan fingerprint density at radius 2 is 1.38 bits per heavy atom. The van der Waals surface area contributed by atoms with E-state index < -0.39 is 32.5 Å². The number of epoxide rings is 1. The van der Waals surface area contributed by atoms with Crippen LogP contribution in [0.2, 0.25) is 0 Å². The van der Waals surface area contributed by atoms with Crippen molar-refractivity contribution in [3.05, 3.63) is 34.8 Å². The maximum Gasteiger partial charge on any atom is 0.472 e. The van der Waals surface area contributed by atoms with Crippen molar-refractivity contribution in [2.24, 2.45) is 0 Å². The van der Waals surface area contributed by atoms with Crippen molar-refractivity contribution in [1.82, 2.24) is 0 Å². The number of ether oxygens (including phenoxy) is 3. The van der Waals surface area contributed by atoms with Crippen LogP contribution >= 0.6 is 7.82 Å². The molecular formula is C44H79NO10P+. The predicted molar refractivity (Wildman–Crippen MR) is 223 cm³/mol. The zero-order chi connectivity index (χ0) is 41.2. The number of unbranched alkanes of at least 4 members (excludes halogenated alkanes) is 12. The van der Waals surface area contributed by atoms with Gasteiger partial charge < -0.3 is 28.0 Å². The van der Waals surface area contributed by atoms with Crippen molar-refractivity contribution in [2.75, 3.05) is 47.5 Å². The highest BCUT2D eigenvalue weighted by molar-refractivity contribution is 7.47. The summed E-state index contributed by atoms with van der Waals surface area (Å²) in [5.41, 5.74) is 2.58. The molecule has 0 aliphatic carbocycles. The van der Waals surface area contributed by atoms with E-state index in [9.17, 15) is 19.0 Å². The van der Waals surface area contributed by atoms with Crippen LogP contribution in [-0.4, -0.2) is 87.1 Å². The summed E-state index contributed by atoms with van der Waals surface area (Å²) in [7, 11) is 1.43. The van der Waals surface area contributed by atoms with Gasteiger partial charge in [0.05, 0.1) is 40.0 Å². The molecule has 0 radical (unpaired) electrons. The first-order chi connectivity index (χ1) is 26.7. The number of esters is 2. The van der Waals surface area contributed by atoms with Crippen LogP contribution < -0.4 is 0 Å². The summed E-state index contributed by atoms with van der Waals surface area (Å²) >= 11 is 0. The number of hydrogen-bond acceptors (Lipinski definition) is 9. The number of carbonyl (C=O) groups is 2. The second-order valence-corrected chi connectivity index (χ2v) is 18.2. The van der Waals surface area contributed by atoms with Gasteiger partial charge in [-0.25, -0.2) is 4.57 Å². The third-order valence-corrected chi connectivity index (χ3v) is 11.4. The van der Waals surface area contributed by atoms with Gasteiger partial charge in [0.2, 0.25) is 0 Å². The number of rotatable bonds is 35. The first-order valence-electron chi connectivity index (χ1n) is 21.9. The van der Waals surface area contributed by atoms with E-state index in [0.29, 0.717) is 36.1 Å². The van der Waals surface area contributed by atoms with Crippen LogP contribution in [0.5, 0.6) is 0 Å². The van der Waals surface area contributed by atoms with E-state index in [-0.39, 0.29) is 26.1 Å². The topological polar surface area (TPSA) is 134 Å². The normalized spacial score (nSPS) is 17.3. The Morgan fingerprint density at radius 1 is 0.750 bits per heavy atom. The van der Waals surface area contributed by atoms with Crippen LogP contribution in [0.4, 0.5) is 0 Å². The molecule has 0 amide bonds. The van der Waals surface area contributed by atoms with Gasteiger partial charge in [0.25, 0.3) is 0 Å². The number of quaternary nitrogens is 1. The van der Waals surface area contributed by atoms with Gasteiger partial charge in [0, 0.05) is 25.7 Å². The second kappa shape index (κ2) is 28.4. The van der Waals surface area contributed by atoms with Crippen molar-refractivity contribution < 1.29 is 51.2 Å². The molecule has 3 unspecified atom stereocenters.